The lowest BCUT2D eigenvalue weighted by Gasteiger charge is -2.14. The molecule has 0 bridgehead atoms. The Balaban J connectivity index is 3.25. The van der Waals surface area contributed by atoms with Crippen molar-refractivity contribution in [1.82, 2.24) is 0 Å². The van der Waals surface area contributed by atoms with Crippen molar-refractivity contribution in [1.29, 1.82) is 10.5 Å². The smallest absolute Gasteiger partial charge is 0.419 e. The van der Waals surface area contributed by atoms with Gasteiger partial charge in [0.1, 0.15) is 30.1 Å². The number of allylic oxidation sites excluding steroid dienone is 1. The molecule has 0 fully saturated rings. The Morgan fingerprint density at radius 2 is 1.86 bits per heavy atom. The van der Waals surface area contributed by atoms with E-state index in [0.29, 0.717) is 6.07 Å². The van der Waals surface area contributed by atoms with Crippen LogP contribution in [0.1, 0.15) is 11.1 Å². The maximum absolute atomic E-state index is 12.7. The molecule has 1 aromatic rings. The van der Waals surface area contributed by atoms with Crippen LogP contribution in [-0.4, -0.2) is 13.0 Å². The minimum atomic E-state index is -4.77. The third-order valence-electron chi connectivity index (χ3n) is 2.23. The van der Waals surface area contributed by atoms with Crippen molar-refractivity contribution in [2.75, 3.05) is 6.61 Å². The van der Waals surface area contributed by atoms with Gasteiger partial charge in [0.2, 0.25) is 0 Å². The average molecular weight is 302 g/mol. The predicted octanol–water partition coefficient (Wildman–Crippen LogP) is 3.78. The zero-order valence-corrected chi connectivity index (χ0v) is 10.3. The summed E-state index contributed by atoms with van der Waals surface area (Å²) in [6.07, 6.45) is -6.68. The first-order valence-electron chi connectivity index (χ1n) is 5.42. The van der Waals surface area contributed by atoms with Crippen LogP contribution < -0.4 is 4.74 Å². The van der Waals surface area contributed by atoms with Crippen LogP contribution in [0.5, 0.6) is 5.75 Å². The van der Waals surface area contributed by atoms with Gasteiger partial charge in [-0.1, -0.05) is 6.07 Å². The number of rotatable bonds is 4. The van der Waals surface area contributed by atoms with Crippen molar-refractivity contribution < 1.29 is 26.7 Å². The Bertz CT molecular complexity index is 607. The Morgan fingerprint density at radius 1 is 1.24 bits per heavy atom. The number of ether oxygens (including phenoxy) is 1. The average Bonchev–Trinajstić information content (AvgIpc) is 2.41. The fourth-order valence-electron chi connectivity index (χ4n) is 1.39. The predicted molar refractivity (Wildman–Crippen MR) is 62.1 cm³/mol. The van der Waals surface area contributed by atoms with Crippen LogP contribution in [0.15, 0.2) is 23.8 Å². The fourth-order valence-corrected chi connectivity index (χ4v) is 1.39. The molecular formula is C13H7F5N2O. The van der Waals surface area contributed by atoms with E-state index in [2.05, 4.69) is 4.74 Å². The van der Waals surface area contributed by atoms with Gasteiger partial charge in [-0.15, -0.1) is 0 Å². The van der Waals surface area contributed by atoms with E-state index in [0.717, 1.165) is 18.2 Å². The van der Waals surface area contributed by atoms with Gasteiger partial charge in [0.25, 0.3) is 6.43 Å². The minimum absolute atomic E-state index is 0.0605. The number of hydrogen-bond donors (Lipinski definition) is 0. The van der Waals surface area contributed by atoms with Crippen LogP contribution in [0.4, 0.5) is 22.0 Å². The first-order valence-corrected chi connectivity index (χ1v) is 5.42. The largest absolute Gasteiger partial charge is 0.487 e. The zero-order valence-electron chi connectivity index (χ0n) is 10.3. The third kappa shape index (κ3) is 4.77. The maximum atomic E-state index is 12.7. The van der Waals surface area contributed by atoms with Gasteiger partial charge in [-0.2, -0.15) is 23.7 Å². The Morgan fingerprint density at radius 3 is 2.33 bits per heavy atom. The highest BCUT2D eigenvalue weighted by Crippen LogP contribution is 2.37. The summed E-state index contributed by atoms with van der Waals surface area (Å²) in [6, 6.07) is 5.56. The van der Waals surface area contributed by atoms with Crippen LogP contribution in [0.25, 0.3) is 6.08 Å². The number of nitriles is 2. The van der Waals surface area contributed by atoms with Crippen LogP contribution in [0.2, 0.25) is 0 Å². The second kappa shape index (κ2) is 6.71. The van der Waals surface area contributed by atoms with E-state index in [1.165, 1.54) is 12.1 Å². The van der Waals surface area contributed by atoms with Gasteiger partial charge in [-0.3, -0.25) is 0 Å². The van der Waals surface area contributed by atoms with E-state index in [4.69, 9.17) is 10.5 Å². The van der Waals surface area contributed by atoms with Gasteiger partial charge in [-0.25, -0.2) is 8.78 Å². The van der Waals surface area contributed by atoms with E-state index < -0.39 is 30.5 Å². The van der Waals surface area contributed by atoms with E-state index in [1.807, 2.05) is 0 Å². The highest BCUT2D eigenvalue weighted by Gasteiger charge is 2.34. The summed E-state index contributed by atoms with van der Waals surface area (Å²) in [4.78, 5) is 0. The first kappa shape index (κ1) is 16.4. The van der Waals surface area contributed by atoms with Crippen molar-refractivity contribution in [3.05, 3.63) is 34.9 Å². The van der Waals surface area contributed by atoms with Crippen LogP contribution >= 0.6 is 0 Å². The van der Waals surface area contributed by atoms with Gasteiger partial charge in [0, 0.05) is 0 Å². The standard InChI is InChI=1S/C13H7F5N2O/c14-12(15)7-21-11-4-8(3-9(5-19)6-20)1-2-10(11)13(16,17)18/h1-4,12H,7H2. The van der Waals surface area contributed by atoms with Gasteiger partial charge in [0.05, 0.1) is 5.56 Å². The van der Waals surface area contributed by atoms with E-state index in [1.54, 1.807) is 0 Å². The molecule has 0 atom stereocenters. The summed E-state index contributed by atoms with van der Waals surface area (Å²) in [5, 5.41) is 17.1. The molecule has 0 aliphatic heterocycles. The number of alkyl halides is 5. The molecule has 1 aromatic carbocycles. The van der Waals surface area contributed by atoms with Crippen molar-refractivity contribution >= 4 is 6.08 Å². The highest BCUT2D eigenvalue weighted by molar-refractivity contribution is 5.63. The van der Waals surface area contributed by atoms with Crippen LogP contribution in [-0.2, 0) is 6.18 Å². The summed E-state index contributed by atoms with van der Waals surface area (Å²) < 4.78 is 66.7. The second-order valence-electron chi connectivity index (χ2n) is 3.74. The normalized spacial score (nSPS) is 10.7. The maximum Gasteiger partial charge on any atom is 0.419 e. The van der Waals surface area contributed by atoms with Gasteiger partial charge in [0.15, 0.2) is 0 Å². The highest BCUT2D eigenvalue weighted by atomic mass is 19.4. The topological polar surface area (TPSA) is 56.8 Å². The second-order valence-corrected chi connectivity index (χ2v) is 3.74. The van der Waals surface area contributed by atoms with E-state index in [-0.39, 0.29) is 11.1 Å². The molecule has 0 aliphatic rings. The van der Waals surface area contributed by atoms with Crippen molar-refractivity contribution in [2.24, 2.45) is 0 Å². The van der Waals surface area contributed by atoms with Crippen molar-refractivity contribution in [3.8, 4) is 17.9 Å². The lowest BCUT2D eigenvalue weighted by atomic mass is 10.1. The minimum Gasteiger partial charge on any atom is -0.487 e. The van der Waals surface area contributed by atoms with Crippen LogP contribution in [0.3, 0.4) is 0 Å². The van der Waals surface area contributed by atoms with Gasteiger partial charge in [-0.05, 0) is 23.8 Å². The summed E-state index contributed by atoms with van der Waals surface area (Å²) in [7, 11) is 0. The number of nitrogens with zero attached hydrogens (tertiary/aromatic N) is 2. The molecule has 1 rings (SSSR count). The molecule has 0 N–H and O–H groups in total. The molecule has 0 radical (unpaired) electrons. The quantitative estimate of drug-likeness (QED) is 0.628. The monoisotopic (exact) mass is 302 g/mol. The number of halogens is 5. The Hall–Kier alpha value is -2.61. The fraction of sp³-hybridized carbons (Fsp3) is 0.231. The molecule has 110 valence electrons. The summed E-state index contributed by atoms with van der Waals surface area (Å²) in [6.45, 7) is -1.19. The summed E-state index contributed by atoms with van der Waals surface area (Å²) >= 11 is 0. The van der Waals surface area contributed by atoms with E-state index in [9.17, 15) is 22.0 Å². The molecule has 0 heterocycles. The van der Waals surface area contributed by atoms with Crippen LogP contribution in [0, 0.1) is 22.7 Å². The molecule has 0 unspecified atom stereocenters. The zero-order chi connectivity index (χ0) is 16.0. The Labute approximate surface area is 116 Å². The molecule has 8 heteroatoms. The Kier molecular flexibility index (Phi) is 5.25. The summed E-state index contributed by atoms with van der Waals surface area (Å²) in [5.74, 6) is -0.785. The lowest BCUT2D eigenvalue weighted by molar-refractivity contribution is -0.139. The molecule has 0 aliphatic carbocycles. The number of benzene rings is 1. The van der Waals surface area contributed by atoms with Gasteiger partial charge >= 0.3 is 6.18 Å². The number of hydrogen-bond acceptors (Lipinski definition) is 3. The third-order valence-corrected chi connectivity index (χ3v) is 2.23. The molecule has 3 nitrogen and oxygen atoms in total. The first-order chi connectivity index (χ1) is 9.77. The molecule has 0 spiro atoms. The van der Waals surface area contributed by atoms with Gasteiger partial charge < -0.3 is 4.74 Å². The molecular weight excluding hydrogens is 295 g/mol. The molecule has 0 saturated carbocycles. The SMILES string of the molecule is N#CC(C#N)=Cc1ccc(C(F)(F)F)c(OCC(F)F)c1. The molecule has 0 saturated heterocycles. The van der Waals surface area contributed by atoms with E-state index >= 15 is 0 Å². The molecule has 0 aromatic heterocycles. The molecule has 21 heavy (non-hydrogen) atoms. The van der Waals surface area contributed by atoms with Crippen molar-refractivity contribution in [2.45, 2.75) is 12.6 Å². The molecule has 0 amide bonds. The lowest BCUT2D eigenvalue weighted by Crippen LogP contribution is -2.13. The summed E-state index contributed by atoms with van der Waals surface area (Å²) in [5.41, 5.74) is -1.49. The van der Waals surface area contributed by atoms with Crippen molar-refractivity contribution in [3.63, 3.8) is 0 Å².